The van der Waals surface area contributed by atoms with Crippen LogP contribution in [0.1, 0.15) is 127 Å². The van der Waals surface area contributed by atoms with Gasteiger partial charge >= 0.3 is 0 Å². The van der Waals surface area contributed by atoms with E-state index in [1.54, 1.807) is 22.7 Å². The molecule has 0 radical (unpaired) electrons. The zero-order chi connectivity index (χ0) is 37.5. The van der Waals surface area contributed by atoms with Gasteiger partial charge in [-0.1, -0.05) is 38.5 Å². The SMILES string of the molecule is O=C1C(=Nc2cc3c(s2)-c2sc4c5c(sc4c2C2(CCCCC2)O3)-c2sc(N=C3C(=O)C4CCCCC4C3=O)cc2OC52CCCCC2)C(=O)C2CCCCC12. The normalized spacial score (nSPS) is 28.4. The molecule has 0 amide bonds. The number of aliphatic imine (C=N–C) groups is 2. The van der Waals surface area contributed by atoms with Gasteiger partial charge < -0.3 is 9.47 Å². The highest BCUT2D eigenvalue weighted by Crippen LogP contribution is 2.66. The summed E-state index contributed by atoms with van der Waals surface area (Å²) in [6.45, 7) is 0. The van der Waals surface area contributed by atoms with Crippen molar-refractivity contribution < 1.29 is 28.7 Å². The van der Waals surface area contributed by atoms with E-state index in [1.807, 2.05) is 34.8 Å². The average Bonchev–Trinajstić information content (AvgIpc) is 4.05. The summed E-state index contributed by atoms with van der Waals surface area (Å²) in [6.07, 6.45) is 17.6. The molecule has 6 saturated carbocycles. The minimum Gasteiger partial charge on any atom is -0.481 e. The summed E-state index contributed by atoms with van der Waals surface area (Å²) in [5.41, 5.74) is 1.95. The van der Waals surface area contributed by atoms with Crippen LogP contribution in [0.3, 0.4) is 0 Å². The molecule has 0 N–H and O–H groups in total. The highest BCUT2D eigenvalue weighted by Gasteiger charge is 2.52. The summed E-state index contributed by atoms with van der Waals surface area (Å²) in [7, 11) is 0. The minimum absolute atomic E-state index is 0.0700. The number of fused-ring (bicyclic) bond motifs is 13. The van der Waals surface area contributed by atoms with Crippen LogP contribution in [0.5, 0.6) is 11.5 Å². The summed E-state index contributed by atoms with van der Waals surface area (Å²) < 4.78 is 17.0. The van der Waals surface area contributed by atoms with Crippen molar-refractivity contribution in [2.24, 2.45) is 33.7 Å². The second-order valence-electron chi connectivity index (χ2n) is 17.5. The van der Waals surface area contributed by atoms with E-state index in [1.165, 1.54) is 43.1 Å². The fraction of sp³-hybridized carbons (Fsp3) is 0.545. The largest absolute Gasteiger partial charge is 0.481 e. The fourth-order valence-corrected chi connectivity index (χ4v) is 17.2. The maximum absolute atomic E-state index is 13.4. The molecular formula is C44H42N2O6S4. The Hall–Kier alpha value is -3.32. The van der Waals surface area contributed by atoms with Crippen LogP contribution in [0.2, 0.25) is 0 Å². The number of carbonyl (C=O) groups excluding carboxylic acids is 4. The Balaban J connectivity index is 1.00. The number of thiophene rings is 4. The van der Waals surface area contributed by atoms with Crippen molar-refractivity contribution in [3.05, 3.63) is 23.3 Å². The monoisotopic (exact) mass is 822 g/mol. The topological polar surface area (TPSA) is 111 Å². The highest BCUT2D eigenvalue weighted by atomic mass is 32.1. The van der Waals surface area contributed by atoms with Gasteiger partial charge in [-0.15, -0.1) is 45.3 Å². The molecule has 8 aliphatic rings. The van der Waals surface area contributed by atoms with Crippen molar-refractivity contribution in [3.63, 3.8) is 0 Å². The number of hydrogen-bond acceptors (Lipinski definition) is 12. The molecule has 12 heteroatoms. The highest BCUT2D eigenvalue weighted by molar-refractivity contribution is 7.34. The van der Waals surface area contributed by atoms with Gasteiger partial charge in [0.05, 0.1) is 28.9 Å². The van der Waals surface area contributed by atoms with E-state index in [0.717, 1.165) is 124 Å². The van der Waals surface area contributed by atoms with E-state index in [9.17, 15) is 19.2 Å². The summed E-state index contributed by atoms with van der Waals surface area (Å²) in [6, 6.07) is 3.97. The molecule has 4 unspecified atom stereocenters. The first kappa shape index (κ1) is 34.7. The number of rotatable bonds is 2. The van der Waals surface area contributed by atoms with E-state index in [0.29, 0.717) is 10.0 Å². The number of hydrogen-bond donors (Lipinski definition) is 0. The van der Waals surface area contributed by atoms with Crippen LogP contribution in [-0.2, 0) is 30.4 Å². The summed E-state index contributed by atoms with van der Waals surface area (Å²) in [4.78, 5) is 68.0. The first-order valence-electron chi connectivity index (χ1n) is 20.9. The van der Waals surface area contributed by atoms with Gasteiger partial charge in [-0.2, -0.15) is 0 Å². The molecule has 8 nitrogen and oxygen atoms in total. The molecule has 6 heterocycles. The first-order valence-corrected chi connectivity index (χ1v) is 24.2. The Morgan fingerprint density at radius 3 is 1.18 bits per heavy atom. The first-order chi connectivity index (χ1) is 27.3. The second kappa shape index (κ2) is 12.6. The zero-order valence-electron chi connectivity index (χ0n) is 31.2. The van der Waals surface area contributed by atoms with Gasteiger partial charge in [0.15, 0.2) is 34.6 Å². The molecule has 12 rings (SSSR count). The molecule has 6 aliphatic carbocycles. The molecule has 4 aromatic rings. The Kier molecular flexibility index (Phi) is 7.80. The van der Waals surface area contributed by atoms with Gasteiger partial charge in [0, 0.05) is 46.9 Å². The fourth-order valence-electron chi connectivity index (χ4n) is 11.8. The van der Waals surface area contributed by atoms with Crippen LogP contribution >= 0.6 is 45.3 Å². The molecule has 4 atom stereocenters. The van der Waals surface area contributed by atoms with Crippen LogP contribution in [0.4, 0.5) is 10.0 Å². The lowest BCUT2D eigenvalue weighted by atomic mass is 9.76. The molecular weight excluding hydrogens is 781 g/mol. The smallest absolute Gasteiger partial charge is 0.188 e. The quantitative estimate of drug-likeness (QED) is 0.199. The molecule has 2 aliphatic heterocycles. The number of carbonyl (C=O) groups is 4. The molecule has 288 valence electrons. The van der Waals surface area contributed by atoms with Gasteiger partial charge in [-0.3, -0.25) is 19.2 Å². The Morgan fingerprint density at radius 2 is 0.821 bits per heavy atom. The molecule has 56 heavy (non-hydrogen) atoms. The standard InChI is InChI=1S/C44H42N2O6S4/c47-33-21-11-3-4-12-22(21)34(48)31(33)45-27-19-25-37(53-27)39-29(43(51-25)15-7-1-8-16-43)41-42(55-39)30-40(56-41)38-26(52-44(30)17-9-2-10-18-44)20-28(54-38)46-32-35(49)23-13-5-6-14-24(23)36(32)50/h19-24H,1-18H2. The maximum atomic E-state index is 13.4. The van der Waals surface area contributed by atoms with Crippen molar-refractivity contribution in [2.45, 2.75) is 127 Å². The van der Waals surface area contributed by atoms with Gasteiger partial charge in [-0.05, 0) is 77.0 Å². The third-order valence-corrected chi connectivity index (χ3v) is 19.3. The van der Waals surface area contributed by atoms with Crippen LogP contribution in [0.25, 0.3) is 28.9 Å². The third kappa shape index (κ3) is 4.84. The Bertz CT molecular complexity index is 2260. The zero-order valence-corrected chi connectivity index (χ0v) is 34.4. The molecule has 6 fully saturated rings. The van der Waals surface area contributed by atoms with Crippen LogP contribution in [-0.4, -0.2) is 34.6 Å². The summed E-state index contributed by atoms with van der Waals surface area (Å²) >= 11 is 6.81. The van der Waals surface area contributed by atoms with Crippen LogP contribution in [0, 0.1) is 23.7 Å². The lowest BCUT2D eigenvalue weighted by molar-refractivity contribution is -0.120. The number of ketones is 4. The summed E-state index contributed by atoms with van der Waals surface area (Å²) in [5.74, 6) is 0.561. The van der Waals surface area contributed by atoms with Crippen LogP contribution in [0.15, 0.2) is 22.1 Å². The lowest BCUT2D eigenvalue weighted by Crippen LogP contribution is -2.37. The predicted molar refractivity (Wildman–Crippen MR) is 222 cm³/mol. The van der Waals surface area contributed by atoms with Crippen molar-refractivity contribution in [1.29, 1.82) is 0 Å². The van der Waals surface area contributed by atoms with E-state index in [-0.39, 0.29) is 58.2 Å². The van der Waals surface area contributed by atoms with Crippen molar-refractivity contribution >= 4 is 99.3 Å². The van der Waals surface area contributed by atoms with Crippen molar-refractivity contribution in [2.75, 3.05) is 0 Å². The maximum Gasteiger partial charge on any atom is 0.188 e. The second-order valence-corrected chi connectivity index (χ2v) is 21.6. The lowest BCUT2D eigenvalue weighted by Gasteiger charge is -2.40. The Labute approximate surface area is 340 Å². The number of nitrogens with zero attached hydrogens (tertiary/aromatic N) is 2. The molecule has 0 aromatic carbocycles. The van der Waals surface area contributed by atoms with Crippen LogP contribution < -0.4 is 9.47 Å². The van der Waals surface area contributed by atoms with E-state index in [4.69, 9.17) is 19.5 Å². The van der Waals surface area contributed by atoms with E-state index < -0.39 is 11.2 Å². The van der Waals surface area contributed by atoms with Gasteiger partial charge in [0.25, 0.3) is 0 Å². The van der Waals surface area contributed by atoms with Gasteiger partial charge in [0.1, 0.15) is 32.7 Å². The average molecular weight is 823 g/mol. The minimum atomic E-state index is -0.457. The Morgan fingerprint density at radius 1 is 0.464 bits per heavy atom. The van der Waals surface area contributed by atoms with Crippen molar-refractivity contribution in [3.8, 4) is 31.0 Å². The number of Topliss-reactive ketones (excluding diaryl/α,β-unsaturated/α-hetero) is 4. The van der Waals surface area contributed by atoms with Gasteiger partial charge in [0.2, 0.25) is 0 Å². The third-order valence-electron chi connectivity index (χ3n) is 14.4. The molecule has 2 spiro atoms. The van der Waals surface area contributed by atoms with E-state index in [2.05, 4.69) is 0 Å². The molecule has 0 saturated heterocycles. The molecule has 0 bridgehead atoms. The predicted octanol–water partition coefficient (Wildman–Crippen LogP) is 11.6. The summed E-state index contributed by atoms with van der Waals surface area (Å²) in [5, 5.41) is 1.34. The van der Waals surface area contributed by atoms with Crippen molar-refractivity contribution in [1.82, 2.24) is 0 Å². The molecule has 4 aromatic heterocycles. The van der Waals surface area contributed by atoms with Gasteiger partial charge in [-0.25, -0.2) is 9.98 Å². The number of ether oxygens (including phenoxy) is 2. The van der Waals surface area contributed by atoms with E-state index >= 15 is 0 Å².